The second-order valence-corrected chi connectivity index (χ2v) is 9.62. The van der Waals surface area contributed by atoms with E-state index < -0.39 is 0 Å². The number of carbonyl (C=O) groups excluding carboxylic acids is 1. The Balaban J connectivity index is 1.54. The average molecular weight is 444 g/mol. The number of thiophene rings is 2. The summed E-state index contributed by atoms with van der Waals surface area (Å²) >= 11 is 3.50. The zero-order valence-corrected chi connectivity index (χ0v) is 18.9. The predicted molar refractivity (Wildman–Crippen MR) is 132 cm³/mol. The zero-order valence-electron chi connectivity index (χ0n) is 17.3. The van der Waals surface area contributed by atoms with Crippen LogP contribution in [-0.2, 0) is 18.2 Å². The number of nitrogens with zero attached hydrogens (tertiary/aromatic N) is 1. The standard InChI is InChI=1S/C26H21NO2S2/c1-27-16-19(10-7-11-20-14-17-8-3-5-12-21(17)30-20)24(25(27)26(28)29-2)23-15-18-9-4-6-13-22(18)31-23/h3-9,11-16H,10H2,1-2H3/b11-7+. The second-order valence-electron chi connectivity index (χ2n) is 7.42. The Labute approximate surface area is 188 Å². The molecule has 154 valence electrons. The summed E-state index contributed by atoms with van der Waals surface area (Å²) in [5, 5.41) is 2.46. The van der Waals surface area contributed by atoms with Crippen LogP contribution in [0.5, 0.6) is 0 Å². The minimum Gasteiger partial charge on any atom is -0.464 e. The molecule has 2 aromatic carbocycles. The topological polar surface area (TPSA) is 31.2 Å². The molecular weight excluding hydrogens is 422 g/mol. The third-order valence-corrected chi connectivity index (χ3v) is 7.59. The van der Waals surface area contributed by atoms with Gasteiger partial charge in [0.1, 0.15) is 5.69 Å². The first-order chi connectivity index (χ1) is 15.1. The molecule has 0 saturated carbocycles. The molecule has 0 fully saturated rings. The summed E-state index contributed by atoms with van der Waals surface area (Å²) in [7, 11) is 3.34. The maximum Gasteiger partial charge on any atom is 0.355 e. The summed E-state index contributed by atoms with van der Waals surface area (Å²) in [6.07, 6.45) is 7.13. The fourth-order valence-corrected chi connectivity index (χ4v) is 6.09. The monoisotopic (exact) mass is 443 g/mol. The van der Waals surface area contributed by atoms with Gasteiger partial charge in [-0.05, 0) is 53.1 Å². The van der Waals surface area contributed by atoms with Crippen LogP contribution < -0.4 is 0 Å². The molecule has 5 heteroatoms. The Kier molecular flexibility index (Phi) is 5.22. The van der Waals surface area contributed by atoms with Crippen LogP contribution in [0.25, 0.3) is 36.7 Å². The lowest BCUT2D eigenvalue weighted by Gasteiger charge is -2.05. The summed E-state index contributed by atoms with van der Waals surface area (Å²) in [5.74, 6) is -0.310. The molecule has 0 atom stereocenters. The van der Waals surface area contributed by atoms with Crippen LogP contribution in [0.2, 0.25) is 0 Å². The third kappa shape index (κ3) is 3.71. The van der Waals surface area contributed by atoms with Crippen molar-refractivity contribution < 1.29 is 9.53 Å². The van der Waals surface area contributed by atoms with Crippen molar-refractivity contribution in [1.82, 2.24) is 4.57 Å². The molecule has 0 radical (unpaired) electrons. The number of esters is 1. The Bertz CT molecular complexity index is 1370. The van der Waals surface area contributed by atoms with Crippen LogP contribution in [0.4, 0.5) is 0 Å². The summed E-state index contributed by atoms with van der Waals surface area (Å²) in [6.45, 7) is 0. The molecule has 31 heavy (non-hydrogen) atoms. The van der Waals surface area contributed by atoms with E-state index in [9.17, 15) is 4.79 Å². The Hall–Kier alpha value is -3.15. The maximum atomic E-state index is 12.6. The van der Waals surface area contributed by atoms with Gasteiger partial charge in [0.05, 0.1) is 7.11 Å². The van der Waals surface area contributed by atoms with Crippen molar-refractivity contribution in [3.8, 4) is 10.4 Å². The zero-order chi connectivity index (χ0) is 21.4. The van der Waals surface area contributed by atoms with Crippen LogP contribution in [-0.4, -0.2) is 17.6 Å². The number of fused-ring (bicyclic) bond motifs is 2. The minimum absolute atomic E-state index is 0.310. The molecule has 0 amide bonds. The lowest BCUT2D eigenvalue weighted by Crippen LogP contribution is -2.08. The van der Waals surface area contributed by atoms with Crippen molar-refractivity contribution in [1.29, 1.82) is 0 Å². The van der Waals surface area contributed by atoms with E-state index in [0.717, 1.165) is 22.4 Å². The quantitative estimate of drug-likeness (QED) is 0.270. The number of benzene rings is 2. The molecule has 0 N–H and O–H groups in total. The summed E-state index contributed by atoms with van der Waals surface area (Å²) < 4.78 is 9.49. The van der Waals surface area contributed by atoms with E-state index in [0.29, 0.717) is 5.69 Å². The molecule has 0 saturated heterocycles. The minimum atomic E-state index is -0.310. The molecule has 0 bridgehead atoms. The summed E-state index contributed by atoms with van der Waals surface area (Å²) in [6, 6.07) is 21.1. The first-order valence-corrected chi connectivity index (χ1v) is 11.7. The van der Waals surface area contributed by atoms with Crippen LogP contribution >= 0.6 is 22.7 Å². The molecule has 0 spiro atoms. The number of methoxy groups -OCH3 is 1. The highest BCUT2D eigenvalue weighted by atomic mass is 32.1. The maximum absolute atomic E-state index is 12.6. The first kappa shape index (κ1) is 19.8. The molecule has 3 aromatic heterocycles. The lowest BCUT2D eigenvalue weighted by atomic mass is 10.1. The van der Waals surface area contributed by atoms with Crippen molar-refractivity contribution in [3.63, 3.8) is 0 Å². The molecular formula is C26H21NO2S2. The van der Waals surface area contributed by atoms with Crippen LogP contribution in [0.3, 0.4) is 0 Å². The van der Waals surface area contributed by atoms with Gasteiger partial charge in [-0.25, -0.2) is 4.79 Å². The molecule has 3 heterocycles. The highest BCUT2D eigenvalue weighted by Crippen LogP contribution is 2.38. The third-order valence-electron chi connectivity index (χ3n) is 5.38. The molecule has 5 aromatic rings. The molecule has 3 nitrogen and oxygen atoms in total. The average Bonchev–Trinajstić information content (AvgIpc) is 3.47. The predicted octanol–water partition coefficient (Wildman–Crippen LogP) is 7.16. The van der Waals surface area contributed by atoms with Gasteiger partial charge in [0.15, 0.2) is 0 Å². The van der Waals surface area contributed by atoms with E-state index in [1.54, 1.807) is 22.7 Å². The van der Waals surface area contributed by atoms with Gasteiger partial charge >= 0.3 is 5.97 Å². The normalized spacial score (nSPS) is 11.7. The van der Waals surface area contributed by atoms with Crippen LogP contribution in [0.1, 0.15) is 20.9 Å². The fraction of sp³-hybridized carbons (Fsp3) is 0.115. The van der Waals surface area contributed by atoms with E-state index in [1.807, 2.05) is 29.9 Å². The number of hydrogen-bond donors (Lipinski definition) is 0. The number of carbonyl (C=O) groups is 1. The number of hydrogen-bond acceptors (Lipinski definition) is 4. The number of aromatic nitrogens is 1. The van der Waals surface area contributed by atoms with Gasteiger partial charge in [0.2, 0.25) is 0 Å². The van der Waals surface area contributed by atoms with E-state index in [2.05, 4.69) is 60.7 Å². The molecule has 5 rings (SSSR count). The van der Waals surface area contributed by atoms with Gasteiger partial charge < -0.3 is 9.30 Å². The van der Waals surface area contributed by atoms with Crippen molar-refractivity contribution in [3.05, 3.63) is 89.1 Å². The van der Waals surface area contributed by atoms with Gasteiger partial charge in [-0.15, -0.1) is 22.7 Å². The van der Waals surface area contributed by atoms with Gasteiger partial charge in [0, 0.05) is 38.0 Å². The summed E-state index contributed by atoms with van der Waals surface area (Å²) in [5.41, 5.74) is 2.68. The summed E-state index contributed by atoms with van der Waals surface area (Å²) in [4.78, 5) is 14.9. The van der Waals surface area contributed by atoms with Gasteiger partial charge in [-0.1, -0.05) is 42.5 Å². The van der Waals surface area contributed by atoms with E-state index >= 15 is 0 Å². The van der Waals surface area contributed by atoms with E-state index in [4.69, 9.17) is 4.74 Å². The van der Waals surface area contributed by atoms with Crippen molar-refractivity contribution in [2.24, 2.45) is 7.05 Å². The Morgan fingerprint density at radius 3 is 2.35 bits per heavy atom. The number of rotatable bonds is 5. The molecule has 0 unspecified atom stereocenters. The van der Waals surface area contributed by atoms with Crippen LogP contribution in [0, 0.1) is 0 Å². The van der Waals surface area contributed by atoms with Crippen molar-refractivity contribution >= 4 is 54.9 Å². The number of allylic oxidation sites excluding steroid dienone is 1. The lowest BCUT2D eigenvalue weighted by molar-refractivity contribution is 0.0591. The van der Waals surface area contributed by atoms with Gasteiger partial charge in [-0.2, -0.15) is 0 Å². The highest BCUT2D eigenvalue weighted by molar-refractivity contribution is 7.22. The van der Waals surface area contributed by atoms with Crippen molar-refractivity contribution in [2.75, 3.05) is 7.11 Å². The molecule has 0 aliphatic heterocycles. The number of aryl methyl sites for hydroxylation is 1. The largest absolute Gasteiger partial charge is 0.464 e. The first-order valence-electron chi connectivity index (χ1n) is 10.0. The SMILES string of the molecule is COC(=O)c1c(-c2cc3ccccc3s2)c(C/C=C/c2cc3ccccc3s2)cn1C. The molecule has 0 aliphatic rings. The van der Waals surface area contributed by atoms with Gasteiger partial charge in [-0.3, -0.25) is 0 Å². The Morgan fingerprint density at radius 2 is 1.68 bits per heavy atom. The van der Waals surface area contributed by atoms with E-state index in [-0.39, 0.29) is 5.97 Å². The van der Waals surface area contributed by atoms with Gasteiger partial charge in [0.25, 0.3) is 0 Å². The fourth-order valence-electron chi connectivity index (χ4n) is 3.96. The van der Waals surface area contributed by atoms with Crippen molar-refractivity contribution in [2.45, 2.75) is 6.42 Å². The number of ether oxygens (including phenoxy) is 1. The molecule has 0 aliphatic carbocycles. The Morgan fingerprint density at radius 1 is 1.00 bits per heavy atom. The smallest absolute Gasteiger partial charge is 0.355 e. The van der Waals surface area contributed by atoms with Crippen LogP contribution in [0.15, 0.2) is 72.9 Å². The van der Waals surface area contributed by atoms with E-state index in [1.165, 1.54) is 32.2 Å². The highest BCUT2D eigenvalue weighted by Gasteiger charge is 2.23. The second kappa shape index (κ2) is 8.17.